The zero-order chi connectivity index (χ0) is 27.2. The third-order valence-electron chi connectivity index (χ3n) is 5.59. The number of carbonyl (C=O) groups excluding carboxylic acids is 1. The van der Waals surface area contributed by atoms with Gasteiger partial charge in [-0.25, -0.2) is 0 Å². The highest BCUT2D eigenvalue weighted by atomic mass is 35.5. The van der Waals surface area contributed by atoms with Crippen molar-refractivity contribution in [1.82, 2.24) is 0 Å². The molecule has 0 spiro atoms. The van der Waals surface area contributed by atoms with E-state index in [0.717, 1.165) is 22.4 Å². The SMILES string of the molecule is COc1cc(/C=C(\C#N)C(=O)Nc2cc([N+](=O)[O-])ccc2Cl)cc(Cl)c1OCc1cccc2ccccc12. The molecule has 0 bridgehead atoms. The average molecular weight is 548 g/mol. The number of amides is 1. The van der Waals surface area contributed by atoms with Crippen molar-refractivity contribution in [1.29, 1.82) is 5.26 Å². The standard InChI is InChI=1S/C28H19Cl2N3O5/c1-37-26-13-17(11-20(15-31)28(34)32-25-14-21(33(35)36)9-10-23(25)29)12-24(30)27(26)38-16-19-7-4-6-18-5-2-3-8-22(18)19/h2-14H,16H2,1H3,(H,32,34)/b20-11+. The molecule has 0 aliphatic heterocycles. The number of carbonyl (C=O) groups is 1. The van der Waals surface area contributed by atoms with E-state index in [-0.39, 0.29) is 33.6 Å². The Morgan fingerprint density at radius 1 is 1.08 bits per heavy atom. The zero-order valence-electron chi connectivity index (χ0n) is 19.9. The summed E-state index contributed by atoms with van der Waals surface area (Å²) in [5, 5.41) is 25.5. The Labute approximate surface area is 227 Å². The van der Waals surface area contributed by atoms with Gasteiger partial charge in [-0.15, -0.1) is 0 Å². The second kappa shape index (κ2) is 11.6. The molecule has 0 saturated carbocycles. The van der Waals surface area contributed by atoms with Gasteiger partial charge in [0, 0.05) is 12.1 Å². The Morgan fingerprint density at radius 2 is 1.84 bits per heavy atom. The Hall–Kier alpha value is -4.58. The van der Waals surface area contributed by atoms with Crippen LogP contribution in [0.3, 0.4) is 0 Å². The van der Waals surface area contributed by atoms with Gasteiger partial charge in [-0.05, 0) is 46.2 Å². The molecule has 38 heavy (non-hydrogen) atoms. The van der Waals surface area contributed by atoms with Gasteiger partial charge >= 0.3 is 0 Å². The highest BCUT2D eigenvalue weighted by Crippen LogP contribution is 2.38. The predicted octanol–water partition coefficient (Wildman–Crippen LogP) is 7.19. The number of ether oxygens (including phenoxy) is 2. The van der Waals surface area contributed by atoms with E-state index in [1.807, 2.05) is 48.5 Å². The van der Waals surface area contributed by atoms with Crippen molar-refractivity contribution in [2.75, 3.05) is 12.4 Å². The van der Waals surface area contributed by atoms with E-state index in [9.17, 15) is 20.2 Å². The number of nitrogens with zero attached hydrogens (tertiary/aromatic N) is 2. The first kappa shape index (κ1) is 26.5. The first-order chi connectivity index (χ1) is 18.3. The summed E-state index contributed by atoms with van der Waals surface area (Å²) in [4.78, 5) is 23.2. The molecule has 0 aliphatic rings. The highest BCUT2D eigenvalue weighted by Gasteiger charge is 2.17. The van der Waals surface area contributed by atoms with E-state index in [1.54, 1.807) is 6.07 Å². The molecule has 1 amide bonds. The molecule has 0 aliphatic carbocycles. The lowest BCUT2D eigenvalue weighted by Crippen LogP contribution is -2.14. The number of non-ortho nitro benzene ring substituents is 1. The maximum Gasteiger partial charge on any atom is 0.271 e. The molecule has 10 heteroatoms. The maximum absolute atomic E-state index is 12.7. The highest BCUT2D eigenvalue weighted by molar-refractivity contribution is 6.34. The first-order valence-corrected chi connectivity index (χ1v) is 11.9. The van der Waals surface area contributed by atoms with Crippen molar-refractivity contribution in [3.8, 4) is 17.6 Å². The molecule has 0 saturated heterocycles. The van der Waals surface area contributed by atoms with Crippen LogP contribution < -0.4 is 14.8 Å². The fraction of sp³-hybridized carbons (Fsp3) is 0.0714. The predicted molar refractivity (Wildman–Crippen MR) is 147 cm³/mol. The number of nitriles is 1. The summed E-state index contributed by atoms with van der Waals surface area (Å²) >= 11 is 12.6. The second-order valence-corrected chi connectivity index (χ2v) is 8.82. The van der Waals surface area contributed by atoms with Gasteiger partial charge in [0.2, 0.25) is 0 Å². The van der Waals surface area contributed by atoms with Crippen LogP contribution in [-0.2, 0) is 11.4 Å². The number of halogens is 2. The van der Waals surface area contributed by atoms with Crippen LogP contribution in [0.1, 0.15) is 11.1 Å². The van der Waals surface area contributed by atoms with E-state index >= 15 is 0 Å². The van der Waals surface area contributed by atoms with E-state index < -0.39 is 10.8 Å². The van der Waals surface area contributed by atoms with Crippen LogP contribution in [0.5, 0.6) is 11.5 Å². The molecule has 0 atom stereocenters. The zero-order valence-corrected chi connectivity index (χ0v) is 21.4. The van der Waals surface area contributed by atoms with Crippen LogP contribution in [0.15, 0.2) is 78.4 Å². The summed E-state index contributed by atoms with van der Waals surface area (Å²) in [6.07, 6.45) is 1.31. The van der Waals surface area contributed by atoms with Crippen LogP contribution in [0.4, 0.5) is 11.4 Å². The molecule has 0 radical (unpaired) electrons. The van der Waals surface area contributed by atoms with Crippen molar-refractivity contribution < 1.29 is 19.2 Å². The van der Waals surface area contributed by atoms with Crippen molar-refractivity contribution in [2.45, 2.75) is 6.61 Å². The minimum Gasteiger partial charge on any atom is -0.493 e. The maximum atomic E-state index is 12.7. The summed E-state index contributed by atoms with van der Waals surface area (Å²) < 4.78 is 11.5. The van der Waals surface area contributed by atoms with Gasteiger partial charge in [0.15, 0.2) is 11.5 Å². The largest absolute Gasteiger partial charge is 0.493 e. The van der Waals surface area contributed by atoms with E-state index in [0.29, 0.717) is 17.1 Å². The number of methoxy groups -OCH3 is 1. The van der Waals surface area contributed by atoms with E-state index in [2.05, 4.69) is 5.32 Å². The van der Waals surface area contributed by atoms with Crippen LogP contribution in [0.2, 0.25) is 10.0 Å². The van der Waals surface area contributed by atoms with Crippen LogP contribution in [0, 0.1) is 21.4 Å². The fourth-order valence-corrected chi connectivity index (χ4v) is 4.20. The third-order valence-corrected chi connectivity index (χ3v) is 6.20. The van der Waals surface area contributed by atoms with Gasteiger partial charge in [-0.3, -0.25) is 14.9 Å². The number of anilines is 1. The molecular weight excluding hydrogens is 529 g/mol. The van der Waals surface area contributed by atoms with E-state index in [4.69, 9.17) is 32.7 Å². The lowest BCUT2D eigenvalue weighted by molar-refractivity contribution is -0.384. The summed E-state index contributed by atoms with van der Waals surface area (Å²) in [6, 6.07) is 22.4. The quantitative estimate of drug-likeness (QED) is 0.108. The molecule has 190 valence electrons. The Balaban J connectivity index is 1.58. The summed E-state index contributed by atoms with van der Waals surface area (Å²) in [6.45, 7) is 0.239. The third kappa shape index (κ3) is 5.86. The molecule has 0 aromatic heterocycles. The van der Waals surface area contributed by atoms with Crippen molar-refractivity contribution in [2.24, 2.45) is 0 Å². The van der Waals surface area contributed by atoms with Gasteiger partial charge in [0.1, 0.15) is 18.2 Å². The summed E-state index contributed by atoms with van der Waals surface area (Å²) in [5.74, 6) is -0.185. The molecular formula is C28H19Cl2N3O5. The fourth-order valence-electron chi connectivity index (χ4n) is 3.76. The first-order valence-electron chi connectivity index (χ1n) is 11.1. The van der Waals surface area contributed by atoms with Gasteiger partial charge < -0.3 is 14.8 Å². The number of nitro benzene ring substituents is 1. The Kier molecular flexibility index (Phi) is 8.12. The smallest absolute Gasteiger partial charge is 0.271 e. The number of fused-ring (bicyclic) bond motifs is 1. The molecule has 1 N–H and O–H groups in total. The Bertz CT molecular complexity index is 1620. The number of rotatable bonds is 8. The number of hydrogen-bond acceptors (Lipinski definition) is 6. The summed E-state index contributed by atoms with van der Waals surface area (Å²) in [7, 11) is 1.45. The Morgan fingerprint density at radius 3 is 2.58 bits per heavy atom. The van der Waals surface area contributed by atoms with Gasteiger partial charge in [-0.2, -0.15) is 5.26 Å². The molecule has 0 unspecified atom stereocenters. The number of hydrogen-bond donors (Lipinski definition) is 1. The topological polar surface area (TPSA) is 114 Å². The molecule has 8 nitrogen and oxygen atoms in total. The molecule has 0 fully saturated rings. The van der Waals surface area contributed by atoms with Crippen LogP contribution in [0.25, 0.3) is 16.8 Å². The second-order valence-electron chi connectivity index (χ2n) is 8.01. The normalized spacial score (nSPS) is 11.1. The number of benzene rings is 4. The van der Waals surface area contributed by atoms with Crippen LogP contribution >= 0.6 is 23.2 Å². The van der Waals surface area contributed by atoms with Crippen molar-refractivity contribution >= 4 is 57.3 Å². The van der Waals surface area contributed by atoms with Crippen molar-refractivity contribution in [3.63, 3.8) is 0 Å². The van der Waals surface area contributed by atoms with Gasteiger partial charge in [-0.1, -0.05) is 65.7 Å². The average Bonchev–Trinajstić information content (AvgIpc) is 2.91. The minimum atomic E-state index is -0.804. The lowest BCUT2D eigenvalue weighted by Gasteiger charge is -2.14. The van der Waals surface area contributed by atoms with Crippen molar-refractivity contribution in [3.05, 3.63) is 110 Å². The number of nitro groups is 1. The molecule has 0 heterocycles. The minimum absolute atomic E-state index is 0.000173. The van der Waals surface area contributed by atoms with Gasteiger partial charge in [0.25, 0.3) is 11.6 Å². The lowest BCUT2D eigenvalue weighted by atomic mass is 10.1. The monoisotopic (exact) mass is 547 g/mol. The van der Waals surface area contributed by atoms with Crippen LogP contribution in [-0.4, -0.2) is 17.9 Å². The number of nitrogens with one attached hydrogen (secondary N) is 1. The van der Waals surface area contributed by atoms with Gasteiger partial charge in [0.05, 0.1) is 27.8 Å². The molecule has 4 aromatic carbocycles. The molecule has 4 rings (SSSR count). The molecule has 4 aromatic rings. The van der Waals surface area contributed by atoms with E-state index in [1.165, 1.54) is 31.4 Å². The summed E-state index contributed by atoms with van der Waals surface area (Å²) in [5.41, 5.74) is 0.826.